The van der Waals surface area contributed by atoms with Gasteiger partial charge >= 0.3 is 0 Å². The molecule has 0 radical (unpaired) electrons. The molecule has 20 heavy (non-hydrogen) atoms. The fourth-order valence-corrected chi connectivity index (χ4v) is 2.17. The SMILES string of the molecule is NC1(C(=O)NCc2ccccc2Cn2cccn2)CC1. The van der Waals surface area contributed by atoms with Gasteiger partial charge in [0.05, 0.1) is 12.1 Å². The van der Waals surface area contributed by atoms with E-state index in [9.17, 15) is 4.79 Å². The number of hydrogen-bond donors (Lipinski definition) is 2. The molecular formula is C15H18N4O. The van der Waals surface area contributed by atoms with Gasteiger partial charge in [-0.2, -0.15) is 5.10 Å². The summed E-state index contributed by atoms with van der Waals surface area (Å²) in [6, 6.07) is 9.95. The number of aromatic nitrogens is 2. The topological polar surface area (TPSA) is 72.9 Å². The minimum absolute atomic E-state index is 0.0496. The summed E-state index contributed by atoms with van der Waals surface area (Å²) < 4.78 is 1.87. The molecule has 0 atom stereocenters. The summed E-state index contributed by atoms with van der Waals surface area (Å²) >= 11 is 0. The van der Waals surface area contributed by atoms with Gasteiger partial charge in [0.1, 0.15) is 0 Å². The van der Waals surface area contributed by atoms with Crippen molar-refractivity contribution in [1.82, 2.24) is 15.1 Å². The fraction of sp³-hybridized carbons (Fsp3) is 0.333. The third-order valence-electron chi connectivity index (χ3n) is 3.69. The molecule has 3 rings (SSSR count). The van der Waals surface area contributed by atoms with Crippen molar-refractivity contribution in [1.29, 1.82) is 0 Å². The zero-order chi connectivity index (χ0) is 14.0. The maximum absolute atomic E-state index is 11.9. The van der Waals surface area contributed by atoms with E-state index in [1.54, 1.807) is 6.20 Å². The number of hydrogen-bond acceptors (Lipinski definition) is 3. The first-order chi connectivity index (χ1) is 9.67. The molecule has 104 valence electrons. The molecule has 0 unspecified atom stereocenters. The highest BCUT2D eigenvalue weighted by Crippen LogP contribution is 2.32. The van der Waals surface area contributed by atoms with Gasteiger partial charge in [-0.15, -0.1) is 0 Å². The molecule has 1 aromatic carbocycles. The molecule has 3 N–H and O–H groups in total. The number of nitrogens with one attached hydrogen (secondary N) is 1. The highest BCUT2D eigenvalue weighted by Gasteiger charge is 2.45. The number of nitrogens with two attached hydrogens (primary N) is 1. The molecule has 1 amide bonds. The van der Waals surface area contributed by atoms with Gasteiger partial charge < -0.3 is 11.1 Å². The first-order valence-corrected chi connectivity index (χ1v) is 6.79. The first-order valence-electron chi connectivity index (χ1n) is 6.79. The van der Waals surface area contributed by atoms with Gasteiger partial charge in [0, 0.05) is 18.9 Å². The molecular weight excluding hydrogens is 252 g/mol. The van der Waals surface area contributed by atoms with Crippen molar-refractivity contribution < 1.29 is 4.79 Å². The average Bonchev–Trinajstić information content (AvgIpc) is 3.00. The lowest BCUT2D eigenvalue weighted by Gasteiger charge is -2.13. The Morgan fingerprint density at radius 3 is 2.70 bits per heavy atom. The number of rotatable bonds is 5. The van der Waals surface area contributed by atoms with E-state index >= 15 is 0 Å². The molecule has 1 aromatic heterocycles. The molecule has 0 aliphatic heterocycles. The fourth-order valence-electron chi connectivity index (χ4n) is 2.17. The minimum Gasteiger partial charge on any atom is -0.350 e. The summed E-state index contributed by atoms with van der Waals surface area (Å²) in [5, 5.41) is 7.13. The second-order valence-corrected chi connectivity index (χ2v) is 5.31. The van der Waals surface area contributed by atoms with Gasteiger partial charge in [-0.25, -0.2) is 0 Å². The summed E-state index contributed by atoms with van der Waals surface area (Å²) in [6.07, 6.45) is 5.26. The Balaban J connectivity index is 1.68. The Morgan fingerprint density at radius 1 is 1.30 bits per heavy atom. The summed E-state index contributed by atoms with van der Waals surface area (Å²) in [5.74, 6) is -0.0496. The number of nitrogens with zero attached hydrogens (tertiary/aromatic N) is 2. The lowest BCUT2D eigenvalue weighted by molar-refractivity contribution is -0.123. The molecule has 2 aromatic rings. The maximum atomic E-state index is 11.9. The van der Waals surface area contributed by atoms with Crippen LogP contribution >= 0.6 is 0 Å². The second kappa shape index (κ2) is 5.09. The molecule has 0 spiro atoms. The van der Waals surface area contributed by atoms with E-state index < -0.39 is 5.54 Å². The van der Waals surface area contributed by atoms with Crippen LogP contribution in [0.2, 0.25) is 0 Å². The van der Waals surface area contributed by atoms with Crippen LogP contribution < -0.4 is 11.1 Å². The number of carbonyl (C=O) groups excluding carboxylic acids is 1. The monoisotopic (exact) mass is 270 g/mol. The highest BCUT2D eigenvalue weighted by molar-refractivity contribution is 5.88. The van der Waals surface area contributed by atoms with Crippen LogP contribution in [0.1, 0.15) is 24.0 Å². The van der Waals surface area contributed by atoms with E-state index in [1.165, 1.54) is 0 Å². The second-order valence-electron chi connectivity index (χ2n) is 5.31. The van der Waals surface area contributed by atoms with Gasteiger partial charge in [-0.05, 0) is 30.0 Å². The molecule has 1 saturated carbocycles. The quantitative estimate of drug-likeness (QED) is 0.852. The van der Waals surface area contributed by atoms with E-state index in [1.807, 2.05) is 35.1 Å². The van der Waals surface area contributed by atoms with E-state index in [0.717, 1.165) is 24.0 Å². The summed E-state index contributed by atoms with van der Waals surface area (Å²) in [4.78, 5) is 11.9. The van der Waals surface area contributed by atoms with Gasteiger partial charge in [-0.3, -0.25) is 9.48 Å². The number of carbonyl (C=O) groups is 1. The summed E-state index contributed by atoms with van der Waals surface area (Å²) in [5.41, 5.74) is 7.51. The van der Waals surface area contributed by atoms with Crippen molar-refractivity contribution >= 4 is 5.91 Å². The van der Waals surface area contributed by atoms with Gasteiger partial charge in [0.15, 0.2) is 0 Å². The van der Waals surface area contributed by atoms with Crippen molar-refractivity contribution in [3.05, 3.63) is 53.9 Å². The third-order valence-corrected chi connectivity index (χ3v) is 3.69. The Hall–Kier alpha value is -2.14. The minimum atomic E-state index is -0.614. The van der Waals surface area contributed by atoms with Gasteiger partial charge in [0.25, 0.3) is 0 Å². The molecule has 5 nitrogen and oxygen atoms in total. The van der Waals surface area contributed by atoms with Crippen LogP contribution in [-0.2, 0) is 17.9 Å². The lowest BCUT2D eigenvalue weighted by Crippen LogP contribution is -2.42. The first kappa shape index (κ1) is 12.9. The van der Waals surface area contributed by atoms with Crippen LogP contribution in [0, 0.1) is 0 Å². The zero-order valence-electron chi connectivity index (χ0n) is 11.2. The molecule has 1 fully saturated rings. The Bertz CT molecular complexity index is 602. The molecule has 0 bridgehead atoms. The van der Waals surface area contributed by atoms with Crippen LogP contribution in [0.25, 0.3) is 0 Å². The third kappa shape index (κ3) is 2.72. The van der Waals surface area contributed by atoms with Gasteiger partial charge in [-0.1, -0.05) is 24.3 Å². The maximum Gasteiger partial charge on any atom is 0.240 e. The number of benzene rings is 1. The molecule has 0 saturated heterocycles. The van der Waals surface area contributed by atoms with Crippen LogP contribution in [0.5, 0.6) is 0 Å². The van der Waals surface area contributed by atoms with E-state index in [0.29, 0.717) is 13.1 Å². The van der Waals surface area contributed by atoms with Crippen LogP contribution in [0.15, 0.2) is 42.7 Å². The Morgan fingerprint density at radius 2 is 2.05 bits per heavy atom. The van der Waals surface area contributed by atoms with Crippen molar-refractivity contribution in [3.63, 3.8) is 0 Å². The summed E-state index contributed by atoms with van der Waals surface area (Å²) in [7, 11) is 0. The van der Waals surface area contributed by atoms with Crippen molar-refractivity contribution in [2.45, 2.75) is 31.5 Å². The normalized spacial score (nSPS) is 15.8. The van der Waals surface area contributed by atoms with E-state index in [-0.39, 0.29) is 5.91 Å². The van der Waals surface area contributed by atoms with Gasteiger partial charge in [0.2, 0.25) is 5.91 Å². The highest BCUT2D eigenvalue weighted by atomic mass is 16.2. The van der Waals surface area contributed by atoms with Crippen LogP contribution in [-0.4, -0.2) is 21.2 Å². The zero-order valence-corrected chi connectivity index (χ0v) is 11.2. The predicted octanol–water partition coefficient (Wildman–Crippen LogP) is 1.04. The largest absolute Gasteiger partial charge is 0.350 e. The number of amides is 1. The lowest BCUT2D eigenvalue weighted by atomic mass is 10.1. The Labute approximate surface area is 117 Å². The smallest absolute Gasteiger partial charge is 0.240 e. The molecule has 5 heteroatoms. The van der Waals surface area contributed by atoms with Crippen LogP contribution in [0.3, 0.4) is 0 Å². The van der Waals surface area contributed by atoms with Crippen molar-refractivity contribution in [3.8, 4) is 0 Å². The Kier molecular flexibility index (Phi) is 3.28. The summed E-state index contributed by atoms with van der Waals surface area (Å²) in [6.45, 7) is 1.21. The molecule has 1 aliphatic rings. The molecule has 1 heterocycles. The van der Waals surface area contributed by atoms with Crippen molar-refractivity contribution in [2.24, 2.45) is 5.73 Å². The molecule has 1 aliphatic carbocycles. The average molecular weight is 270 g/mol. The van der Waals surface area contributed by atoms with Crippen LogP contribution in [0.4, 0.5) is 0 Å². The van der Waals surface area contributed by atoms with E-state index in [2.05, 4.69) is 16.5 Å². The van der Waals surface area contributed by atoms with E-state index in [4.69, 9.17) is 5.73 Å². The van der Waals surface area contributed by atoms with Crippen molar-refractivity contribution in [2.75, 3.05) is 0 Å². The standard InChI is InChI=1S/C15H18N4O/c16-15(6-7-15)14(20)17-10-12-4-1-2-5-13(12)11-19-9-3-8-18-19/h1-5,8-9H,6-7,10-11,16H2,(H,17,20). The predicted molar refractivity (Wildman–Crippen MR) is 75.8 cm³/mol.